The van der Waals surface area contributed by atoms with Gasteiger partial charge in [0.1, 0.15) is 0 Å². The highest BCUT2D eigenvalue weighted by Gasteiger charge is 2.50. The number of nitrogens with two attached hydrogens (primary N) is 1. The summed E-state index contributed by atoms with van der Waals surface area (Å²) in [7, 11) is 1.60. The van der Waals surface area contributed by atoms with Crippen molar-refractivity contribution in [3.05, 3.63) is 0 Å². The lowest BCUT2D eigenvalue weighted by Gasteiger charge is -2.42. The predicted molar refractivity (Wildman–Crippen MR) is 54.0 cm³/mol. The van der Waals surface area contributed by atoms with Crippen molar-refractivity contribution in [1.29, 1.82) is 0 Å². The molecule has 0 aromatic rings. The van der Waals surface area contributed by atoms with Crippen LogP contribution in [0, 0.1) is 5.41 Å². The Labute approximate surface area is 85.4 Å². The molecule has 84 valence electrons. The highest BCUT2D eigenvalue weighted by atomic mass is 16.5. The lowest BCUT2D eigenvalue weighted by atomic mass is 9.70. The highest BCUT2D eigenvalue weighted by Crippen LogP contribution is 2.40. The van der Waals surface area contributed by atoms with Crippen LogP contribution in [0.5, 0.6) is 0 Å². The van der Waals surface area contributed by atoms with Gasteiger partial charge in [-0.3, -0.25) is 0 Å². The summed E-state index contributed by atoms with van der Waals surface area (Å²) < 4.78 is 10.4. The Hall–Kier alpha value is -0.160. The first-order valence-electron chi connectivity index (χ1n) is 5.13. The number of aliphatic hydroxyl groups is 1. The molecule has 1 fully saturated rings. The standard InChI is InChI=1S/C10H21NO3/c1-3-10(12,8-13-2)9(6-11)4-5-14-7-9/h12H,3-8,11H2,1-2H3. The molecule has 2 unspecified atom stereocenters. The summed E-state index contributed by atoms with van der Waals surface area (Å²) in [5.74, 6) is 0. The van der Waals surface area contributed by atoms with Gasteiger partial charge in [0, 0.05) is 25.7 Å². The van der Waals surface area contributed by atoms with Crippen LogP contribution in [0.4, 0.5) is 0 Å². The molecule has 1 heterocycles. The topological polar surface area (TPSA) is 64.7 Å². The van der Waals surface area contributed by atoms with Crippen molar-refractivity contribution in [3.8, 4) is 0 Å². The predicted octanol–water partition coefficient (Wildman–Crippen LogP) is 0.139. The molecule has 0 aliphatic carbocycles. The Morgan fingerprint density at radius 3 is 2.71 bits per heavy atom. The van der Waals surface area contributed by atoms with Crippen molar-refractivity contribution >= 4 is 0 Å². The van der Waals surface area contributed by atoms with E-state index in [0.717, 1.165) is 6.42 Å². The molecule has 0 spiro atoms. The van der Waals surface area contributed by atoms with E-state index >= 15 is 0 Å². The van der Waals surface area contributed by atoms with Gasteiger partial charge in [-0.25, -0.2) is 0 Å². The van der Waals surface area contributed by atoms with Gasteiger partial charge in [-0.1, -0.05) is 6.92 Å². The number of rotatable bonds is 5. The maximum absolute atomic E-state index is 10.5. The van der Waals surface area contributed by atoms with Gasteiger partial charge in [0.15, 0.2) is 0 Å². The van der Waals surface area contributed by atoms with E-state index in [2.05, 4.69) is 0 Å². The molecular weight excluding hydrogens is 182 g/mol. The summed E-state index contributed by atoms with van der Waals surface area (Å²) in [5.41, 5.74) is 4.59. The molecule has 0 aromatic heterocycles. The third kappa shape index (κ3) is 1.80. The smallest absolute Gasteiger partial charge is 0.0968 e. The van der Waals surface area contributed by atoms with Crippen LogP contribution in [-0.2, 0) is 9.47 Å². The second-order valence-electron chi connectivity index (χ2n) is 4.11. The summed E-state index contributed by atoms with van der Waals surface area (Å²) in [4.78, 5) is 0. The quantitative estimate of drug-likeness (QED) is 0.667. The van der Waals surface area contributed by atoms with Crippen molar-refractivity contribution in [2.45, 2.75) is 25.4 Å². The molecule has 1 aliphatic rings. The SMILES string of the molecule is CCC(O)(COC)C1(CN)CCOC1. The molecule has 3 N–H and O–H groups in total. The third-order valence-electron chi connectivity index (χ3n) is 3.45. The van der Waals surface area contributed by atoms with Crippen molar-refractivity contribution in [2.24, 2.45) is 11.1 Å². The normalized spacial score (nSPS) is 31.7. The number of hydrogen-bond acceptors (Lipinski definition) is 4. The number of ether oxygens (including phenoxy) is 2. The maximum atomic E-state index is 10.5. The van der Waals surface area contributed by atoms with E-state index in [-0.39, 0.29) is 5.41 Å². The molecule has 0 saturated carbocycles. The van der Waals surface area contributed by atoms with Crippen LogP contribution >= 0.6 is 0 Å². The summed E-state index contributed by atoms with van der Waals surface area (Å²) in [6, 6.07) is 0. The van der Waals surface area contributed by atoms with Crippen molar-refractivity contribution in [2.75, 3.05) is 33.5 Å². The summed E-state index contributed by atoms with van der Waals surface area (Å²) >= 11 is 0. The van der Waals surface area contributed by atoms with Crippen LogP contribution in [-0.4, -0.2) is 44.2 Å². The van der Waals surface area contributed by atoms with Crippen LogP contribution in [0.3, 0.4) is 0 Å². The van der Waals surface area contributed by atoms with Gasteiger partial charge < -0.3 is 20.3 Å². The zero-order valence-electron chi connectivity index (χ0n) is 9.08. The second kappa shape index (κ2) is 4.57. The van der Waals surface area contributed by atoms with Gasteiger partial charge in [-0.2, -0.15) is 0 Å². The molecule has 0 amide bonds. The average Bonchev–Trinajstić information content (AvgIpc) is 2.68. The maximum Gasteiger partial charge on any atom is 0.0968 e. The van der Waals surface area contributed by atoms with Crippen LogP contribution in [0.2, 0.25) is 0 Å². The fourth-order valence-electron chi connectivity index (χ4n) is 2.19. The first-order valence-corrected chi connectivity index (χ1v) is 5.13. The fraction of sp³-hybridized carbons (Fsp3) is 1.00. The van der Waals surface area contributed by atoms with Gasteiger partial charge in [0.2, 0.25) is 0 Å². The Kier molecular flexibility index (Phi) is 3.89. The largest absolute Gasteiger partial charge is 0.387 e. The van der Waals surface area contributed by atoms with Gasteiger partial charge in [0.25, 0.3) is 0 Å². The van der Waals surface area contributed by atoms with Gasteiger partial charge in [-0.15, -0.1) is 0 Å². The monoisotopic (exact) mass is 203 g/mol. The van der Waals surface area contributed by atoms with E-state index in [1.807, 2.05) is 6.92 Å². The van der Waals surface area contributed by atoms with Crippen molar-refractivity contribution in [1.82, 2.24) is 0 Å². The fourth-order valence-corrected chi connectivity index (χ4v) is 2.19. The van der Waals surface area contributed by atoms with Gasteiger partial charge in [0.05, 0.1) is 18.8 Å². The average molecular weight is 203 g/mol. The minimum atomic E-state index is -0.854. The Balaban J connectivity index is 2.82. The van der Waals surface area contributed by atoms with Crippen LogP contribution in [0.25, 0.3) is 0 Å². The molecule has 14 heavy (non-hydrogen) atoms. The minimum Gasteiger partial charge on any atom is -0.387 e. The molecule has 4 heteroatoms. The van der Waals surface area contributed by atoms with Gasteiger partial charge >= 0.3 is 0 Å². The molecule has 0 bridgehead atoms. The Morgan fingerprint density at radius 2 is 2.36 bits per heavy atom. The Morgan fingerprint density at radius 1 is 1.64 bits per heavy atom. The number of methoxy groups -OCH3 is 1. The molecule has 0 radical (unpaired) electrons. The lowest BCUT2D eigenvalue weighted by Crippen LogP contribution is -2.55. The summed E-state index contributed by atoms with van der Waals surface area (Å²) in [6.07, 6.45) is 1.46. The molecule has 1 saturated heterocycles. The van der Waals surface area contributed by atoms with E-state index in [1.54, 1.807) is 7.11 Å². The second-order valence-corrected chi connectivity index (χ2v) is 4.11. The van der Waals surface area contributed by atoms with E-state index in [4.69, 9.17) is 15.2 Å². The third-order valence-corrected chi connectivity index (χ3v) is 3.45. The summed E-state index contributed by atoms with van der Waals surface area (Å²) in [6.45, 7) is 3.94. The van der Waals surface area contributed by atoms with E-state index in [1.165, 1.54) is 0 Å². The molecule has 4 nitrogen and oxygen atoms in total. The zero-order valence-corrected chi connectivity index (χ0v) is 9.08. The minimum absolute atomic E-state index is 0.322. The lowest BCUT2D eigenvalue weighted by molar-refractivity contribution is -0.125. The van der Waals surface area contributed by atoms with Crippen molar-refractivity contribution in [3.63, 3.8) is 0 Å². The van der Waals surface area contributed by atoms with Crippen LogP contribution < -0.4 is 5.73 Å². The van der Waals surface area contributed by atoms with Crippen LogP contribution in [0.1, 0.15) is 19.8 Å². The first kappa shape index (κ1) is 11.9. The zero-order chi connectivity index (χ0) is 10.7. The number of hydrogen-bond donors (Lipinski definition) is 2. The molecule has 1 rings (SSSR count). The summed E-state index contributed by atoms with van der Waals surface area (Å²) in [5, 5.41) is 10.5. The van der Waals surface area contributed by atoms with E-state index in [0.29, 0.717) is 32.8 Å². The molecule has 1 aliphatic heterocycles. The van der Waals surface area contributed by atoms with Crippen molar-refractivity contribution < 1.29 is 14.6 Å². The van der Waals surface area contributed by atoms with Gasteiger partial charge in [-0.05, 0) is 12.8 Å². The first-order chi connectivity index (χ1) is 6.64. The Bertz CT molecular complexity index is 180. The highest BCUT2D eigenvalue weighted by molar-refractivity contribution is 5.01. The van der Waals surface area contributed by atoms with E-state index < -0.39 is 5.60 Å². The van der Waals surface area contributed by atoms with E-state index in [9.17, 15) is 5.11 Å². The van der Waals surface area contributed by atoms with Crippen LogP contribution in [0.15, 0.2) is 0 Å². The molecular formula is C10H21NO3. The molecule has 0 aromatic carbocycles. The molecule has 2 atom stereocenters.